The standard InChI is InChI=1S/C12H17FN2/c1-9-3-2-4-10(12(9)13)7-15-6-5-11(14)8-15/h2-4,11H,5-8,14H2,1H3/t11-/m0/s1. The van der Waals surface area contributed by atoms with E-state index >= 15 is 0 Å². The predicted octanol–water partition coefficient (Wildman–Crippen LogP) is 1.67. The maximum Gasteiger partial charge on any atom is 0.130 e. The number of hydrogen-bond acceptors (Lipinski definition) is 2. The van der Waals surface area contributed by atoms with Crippen LogP contribution < -0.4 is 5.73 Å². The van der Waals surface area contributed by atoms with Crippen LogP contribution in [0.4, 0.5) is 4.39 Å². The Kier molecular flexibility index (Phi) is 3.03. The maximum atomic E-state index is 13.7. The summed E-state index contributed by atoms with van der Waals surface area (Å²) in [7, 11) is 0. The molecule has 0 amide bonds. The third-order valence-electron chi connectivity index (χ3n) is 2.97. The van der Waals surface area contributed by atoms with E-state index in [0.29, 0.717) is 6.54 Å². The van der Waals surface area contributed by atoms with E-state index in [1.807, 2.05) is 12.1 Å². The fraction of sp³-hybridized carbons (Fsp3) is 0.500. The summed E-state index contributed by atoms with van der Waals surface area (Å²) in [5.74, 6) is -0.0713. The van der Waals surface area contributed by atoms with Crippen LogP contribution in [0.3, 0.4) is 0 Å². The molecule has 0 bridgehead atoms. The van der Waals surface area contributed by atoms with Crippen molar-refractivity contribution in [3.8, 4) is 0 Å². The summed E-state index contributed by atoms with van der Waals surface area (Å²) in [4.78, 5) is 2.21. The Morgan fingerprint density at radius 3 is 3.00 bits per heavy atom. The lowest BCUT2D eigenvalue weighted by molar-refractivity contribution is 0.321. The molecule has 1 heterocycles. The summed E-state index contributed by atoms with van der Waals surface area (Å²) < 4.78 is 13.7. The molecule has 2 rings (SSSR count). The molecule has 1 aliphatic rings. The summed E-state index contributed by atoms with van der Waals surface area (Å²) in [6.07, 6.45) is 1.02. The minimum absolute atomic E-state index is 0.0713. The van der Waals surface area contributed by atoms with Crippen LogP contribution in [0.5, 0.6) is 0 Å². The second-order valence-corrected chi connectivity index (χ2v) is 4.33. The highest BCUT2D eigenvalue weighted by Crippen LogP contribution is 2.16. The summed E-state index contributed by atoms with van der Waals surface area (Å²) >= 11 is 0. The molecule has 1 saturated heterocycles. The van der Waals surface area contributed by atoms with Gasteiger partial charge in [0.25, 0.3) is 0 Å². The highest BCUT2D eigenvalue weighted by molar-refractivity contribution is 5.24. The van der Waals surface area contributed by atoms with Crippen molar-refractivity contribution in [1.29, 1.82) is 0 Å². The van der Waals surface area contributed by atoms with Gasteiger partial charge in [-0.3, -0.25) is 4.90 Å². The first-order chi connectivity index (χ1) is 7.16. The van der Waals surface area contributed by atoms with Gasteiger partial charge >= 0.3 is 0 Å². The molecule has 0 aliphatic carbocycles. The molecule has 1 aromatic carbocycles. The summed E-state index contributed by atoms with van der Waals surface area (Å²) in [5.41, 5.74) is 7.31. The van der Waals surface area contributed by atoms with Gasteiger partial charge in [-0.25, -0.2) is 4.39 Å². The van der Waals surface area contributed by atoms with Crippen LogP contribution in [-0.2, 0) is 6.54 Å². The smallest absolute Gasteiger partial charge is 0.130 e. The fourth-order valence-electron chi connectivity index (χ4n) is 2.08. The number of halogens is 1. The van der Waals surface area contributed by atoms with Crippen molar-refractivity contribution in [2.24, 2.45) is 5.73 Å². The van der Waals surface area contributed by atoms with E-state index in [1.54, 1.807) is 13.0 Å². The minimum Gasteiger partial charge on any atom is -0.326 e. The monoisotopic (exact) mass is 208 g/mol. The summed E-state index contributed by atoms with van der Waals surface area (Å²) in [6, 6.07) is 5.82. The van der Waals surface area contributed by atoms with E-state index in [2.05, 4.69) is 4.90 Å². The number of rotatable bonds is 2. The molecule has 0 radical (unpaired) electrons. The van der Waals surface area contributed by atoms with Gasteiger partial charge in [0.1, 0.15) is 5.82 Å². The fourth-order valence-corrected chi connectivity index (χ4v) is 2.08. The van der Waals surface area contributed by atoms with Crippen molar-refractivity contribution < 1.29 is 4.39 Å². The normalized spacial score (nSPS) is 22.2. The molecule has 0 unspecified atom stereocenters. The average Bonchev–Trinajstić information content (AvgIpc) is 2.59. The van der Waals surface area contributed by atoms with Crippen LogP contribution in [0.15, 0.2) is 18.2 Å². The summed E-state index contributed by atoms with van der Waals surface area (Å²) in [6.45, 7) is 4.34. The maximum absolute atomic E-state index is 13.7. The van der Waals surface area contributed by atoms with Crippen LogP contribution in [0.1, 0.15) is 17.5 Å². The highest BCUT2D eigenvalue weighted by atomic mass is 19.1. The molecule has 82 valence electrons. The van der Waals surface area contributed by atoms with Crippen molar-refractivity contribution in [1.82, 2.24) is 4.90 Å². The van der Waals surface area contributed by atoms with E-state index in [4.69, 9.17) is 5.73 Å². The number of nitrogens with two attached hydrogens (primary N) is 1. The Morgan fingerprint density at radius 2 is 2.33 bits per heavy atom. The molecular weight excluding hydrogens is 191 g/mol. The lowest BCUT2D eigenvalue weighted by atomic mass is 10.1. The minimum atomic E-state index is -0.0713. The van der Waals surface area contributed by atoms with Crippen molar-refractivity contribution in [3.05, 3.63) is 35.1 Å². The third-order valence-corrected chi connectivity index (χ3v) is 2.97. The van der Waals surface area contributed by atoms with Crippen LogP contribution in [0.2, 0.25) is 0 Å². The van der Waals surface area contributed by atoms with Gasteiger partial charge in [0.2, 0.25) is 0 Å². The molecule has 0 spiro atoms. The molecule has 0 aromatic heterocycles. The van der Waals surface area contributed by atoms with Crippen molar-refractivity contribution in [2.45, 2.75) is 25.9 Å². The third kappa shape index (κ3) is 2.36. The first-order valence-electron chi connectivity index (χ1n) is 5.39. The predicted molar refractivity (Wildman–Crippen MR) is 59.0 cm³/mol. The van der Waals surface area contributed by atoms with Crippen LogP contribution in [0.25, 0.3) is 0 Å². The number of aryl methyl sites for hydroxylation is 1. The molecule has 2 nitrogen and oxygen atoms in total. The quantitative estimate of drug-likeness (QED) is 0.801. The Balaban J connectivity index is 2.07. The van der Waals surface area contributed by atoms with E-state index < -0.39 is 0 Å². The first-order valence-corrected chi connectivity index (χ1v) is 5.39. The van der Waals surface area contributed by atoms with E-state index in [1.165, 1.54) is 0 Å². The van der Waals surface area contributed by atoms with Gasteiger partial charge in [0, 0.05) is 31.2 Å². The van der Waals surface area contributed by atoms with Gasteiger partial charge in [-0.2, -0.15) is 0 Å². The van der Waals surface area contributed by atoms with E-state index in [-0.39, 0.29) is 11.9 Å². The van der Waals surface area contributed by atoms with Gasteiger partial charge in [0.05, 0.1) is 0 Å². The lowest BCUT2D eigenvalue weighted by Gasteiger charge is -2.16. The highest BCUT2D eigenvalue weighted by Gasteiger charge is 2.20. The second kappa shape index (κ2) is 4.29. The van der Waals surface area contributed by atoms with E-state index in [0.717, 1.165) is 30.6 Å². The van der Waals surface area contributed by atoms with Crippen LogP contribution >= 0.6 is 0 Å². The molecule has 2 N–H and O–H groups in total. The average molecular weight is 208 g/mol. The van der Waals surface area contributed by atoms with Gasteiger partial charge in [0.15, 0.2) is 0 Å². The lowest BCUT2D eigenvalue weighted by Crippen LogP contribution is -2.26. The van der Waals surface area contributed by atoms with Crippen molar-refractivity contribution in [3.63, 3.8) is 0 Å². The van der Waals surface area contributed by atoms with Crippen LogP contribution in [-0.4, -0.2) is 24.0 Å². The Morgan fingerprint density at radius 1 is 1.53 bits per heavy atom. The van der Waals surface area contributed by atoms with Gasteiger partial charge in [-0.15, -0.1) is 0 Å². The first kappa shape index (κ1) is 10.6. The second-order valence-electron chi connectivity index (χ2n) is 4.33. The molecule has 1 aromatic rings. The summed E-state index contributed by atoms with van der Waals surface area (Å²) in [5, 5.41) is 0. The van der Waals surface area contributed by atoms with E-state index in [9.17, 15) is 4.39 Å². The molecule has 3 heteroatoms. The zero-order chi connectivity index (χ0) is 10.8. The molecule has 1 atom stereocenters. The zero-order valence-corrected chi connectivity index (χ0v) is 9.04. The Hall–Kier alpha value is -0.930. The van der Waals surface area contributed by atoms with Crippen molar-refractivity contribution in [2.75, 3.05) is 13.1 Å². The van der Waals surface area contributed by atoms with Gasteiger partial charge in [-0.05, 0) is 18.9 Å². The zero-order valence-electron chi connectivity index (χ0n) is 9.04. The Bertz CT molecular complexity index is 351. The van der Waals surface area contributed by atoms with Gasteiger partial charge < -0.3 is 5.73 Å². The van der Waals surface area contributed by atoms with Crippen LogP contribution in [0, 0.1) is 12.7 Å². The molecular formula is C12H17FN2. The Labute approximate surface area is 89.9 Å². The number of hydrogen-bond donors (Lipinski definition) is 1. The van der Waals surface area contributed by atoms with Gasteiger partial charge in [-0.1, -0.05) is 18.2 Å². The SMILES string of the molecule is Cc1cccc(CN2CC[C@H](N)C2)c1F. The largest absolute Gasteiger partial charge is 0.326 e. The molecule has 15 heavy (non-hydrogen) atoms. The number of nitrogens with zero attached hydrogens (tertiary/aromatic N) is 1. The molecule has 0 saturated carbocycles. The molecule has 1 fully saturated rings. The van der Waals surface area contributed by atoms with Crippen molar-refractivity contribution >= 4 is 0 Å². The topological polar surface area (TPSA) is 29.3 Å². The molecule has 1 aliphatic heterocycles. The number of likely N-dealkylation sites (tertiary alicyclic amines) is 1. The number of benzene rings is 1.